The number of amides is 1. The van der Waals surface area contributed by atoms with E-state index < -0.39 is 5.82 Å². The van der Waals surface area contributed by atoms with Crippen molar-refractivity contribution in [2.24, 2.45) is 0 Å². The van der Waals surface area contributed by atoms with E-state index in [1.165, 1.54) is 50.6 Å². The van der Waals surface area contributed by atoms with Gasteiger partial charge in [-0.3, -0.25) is 4.79 Å². The van der Waals surface area contributed by atoms with Gasteiger partial charge in [0.05, 0.1) is 5.69 Å². The highest BCUT2D eigenvalue weighted by Gasteiger charge is 2.33. The minimum Gasteiger partial charge on any atom is -0.507 e. The zero-order chi connectivity index (χ0) is 22.0. The number of nitrogens with one attached hydrogen (secondary N) is 2. The molecule has 7 nitrogen and oxygen atoms in total. The normalized spacial score (nSPS) is 23.0. The fourth-order valence-electron chi connectivity index (χ4n) is 4.56. The molecule has 1 amide bonds. The van der Waals surface area contributed by atoms with Crippen molar-refractivity contribution in [2.45, 2.75) is 50.2 Å². The molecule has 8 heteroatoms. The SMILES string of the molecule is CNC(=O)/C=C/c1cc(O)c(-c2ccc(N(C)[C@@H]3C[C@H]4CCC[C@@H](C3)N4)nn2)cc1F. The maximum Gasteiger partial charge on any atom is 0.243 e. The minimum absolute atomic E-state index is 0.116. The Morgan fingerprint density at radius 2 is 2.00 bits per heavy atom. The topological polar surface area (TPSA) is 90.4 Å². The molecule has 3 atom stereocenters. The number of halogens is 1. The fraction of sp³-hybridized carbons (Fsp3) is 0.435. The van der Waals surface area contributed by atoms with Crippen molar-refractivity contribution in [2.75, 3.05) is 19.0 Å². The number of carbonyl (C=O) groups is 1. The molecule has 0 spiro atoms. The molecule has 164 valence electrons. The summed E-state index contributed by atoms with van der Waals surface area (Å²) < 4.78 is 14.5. The van der Waals surface area contributed by atoms with Gasteiger partial charge in [0.15, 0.2) is 5.82 Å². The van der Waals surface area contributed by atoms with Crippen LogP contribution in [0, 0.1) is 5.82 Å². The molecule has 2 aliphatic heterocycles. The second-order valence-electron chi connectivity index (χ2n) is 8.34. The highest BCUT2D eigenvalue weighted by atomic mass is 19.1. The Bertz CT molecular complexity index is 967. The van der Waals surface area contributed by atoms with Gasteiger partial charge in [0, 0.05) is 49.4 Å². The molecule has 0 radical (unpaired) electrons. The predicted molar refractivity (Wildman–Crippen MR) is 118 cm³/mol. The number of piperidine rings is 2. The van der Waals surface area contributed by atoms with Crippen molar-refractivity contribution in [3.05, 3.63) is 41.7 Å². The zero-order valence-corrected chi connectivity index (χ0v) is 17.8. The average Bonchev–Trinajstić information content (AvgIpc) is 2.78. The van der Waals surface area contributed by atoms with Crippen LogP contribution in [0.3, 0.4) is 0 Å². The maximum absolute atomic E-state index is 14.5. The van der Waals surface area contributed by atoms with Crippen LogP contribution in [0.1, 0.15) is 37.7 Å². The van der Waals surface area contributed by atoms with Gasteiger partial charge < -0.3 is 20.6 Å². The molecule has 2 aliphatic rings. The van der Waals surface area contributed by atoms with Crippen molar-refractivity contribution in [1.82, 2.24) is 20.8 Å². The lowest BCUT2D eigenvalue weighted by atomic mass is 9.83. The van der Waals surface area contributed by atoms with Gasteiger partial charge in [-0.15, -0.1) is 10.2 Å². The van der Waals surface area contributed by atoms with Crippen LogP contribution >= 0.6 is 0 Å². The number of aromatic hydroxyl groups is 1. The van der Waals surface area contributed by atoms with Gasteiger partial charge in [0.1, 0.15) is 11.6 Å². The number of likely N-dealkylation sites (N-methyl/N-ethyl adjacent to an activating group) is 1. The molecule has 0 saturated carbocycles. The van der Waals surface area contributed by atoms with Gasteiger partial charge in [-0.2, -0.15) is 0 Å². The molecule has 3 heterocycles. The summed E-state index contributed by atoms with van der Waals surface area (Å²) in [5.41, 5.74) is 0.760. The molecular formula is C23H28FN5O2. The maximum atomic E-state index is 14.5. The highest BCUT2D eigenvalue weighted by molar-refractivity contribution is 5.91. The van der Waals surface area contributed by atoms with Crippen LogP contribution in [0.5, 0.6) is 5.75 Å². The van der Waals surface area contributed by atoms with E-state index in [0.29, 0.717) is 23.8 Å². The second kappa shape index (κ2) is 9.01. The van der Waals surface area contributed by atoms with Crippen LogP contribution in [0.2, 0.25) is 0 Å². The minimum atomic E-state index is -0.558. The summed E-state index contributed by atoms with van der Waals surface area (Å²) in [6.45, 7) is 0. The number of anilines is 1. The number of aromatic nitrogens is 2. The lowest BCUT2D eigenvalue weighted by Gasteiger charge is -2.43. The van der Waals surface area contributed by atoms with Crippen LogP contribution < -0.4 is 15.5 Å². The average molecular weight is 426 g/mol. The number of hydrogen-bond donors (Lipinski definition) is 3. The molecule has 0 aliphatic carbocycles. The third kappa shape index (κ3) is 4.69. The van der Waals surface area contributed by atoms with E-state index >= 15 is 0 Å². The van der Waals surface area contributed by atoms with Gasteiger partial charge in [0.2, 0.25) is 5.91 Å². The van der Waals surface area contributed by atoms with E-state index in [0.717, 1.165) is 18.7 Å². The van der Waals surface area contributed by atoms with Crippen LogP contribution in [-0.4, -0.2) is 53.4 Å². The Morgan fingerprint density at radius 3 is 2.65 bits per heavy atom. The Labute approximate surface area is 181 Å². The van der Waals surface area contributed by atoms with Crippen molar-refractivity contribution < 1.29 is 14.3 Å². The van der Waals surface area contributed by atoms with Crippen LogP contribution in [0.15, 0.2) is 30.3 Å². The largest absolute Gasteiger partial charge is 0.507 e. The van der Waals surface area contributed by atoms with E-state index in [2.05, 4.69) is 25.7 Å². The number of carbonyl (C=O) groups excluding carboxylic acids is 1. The van der Waals surface area contributed by atoms with Crippen molar-refractivity contribution in [1.29, 1.82) is 0 Å². The summed E-state index contributed by atoms with van der Waals surface area (Å²) in [5, 5.41) is 25.1. The summed E-state index contributed by atoms with van der Waals surface area (Å²) in [4.78, 5) is 13.5. The fourth-order valence-corrected chi connectivity index (χ4v) is 4.56. The first-order chi connectivity index (χ1) is 14.9. The second-order valence-corrected chi connectivity index (χ2v) is 8.34. The first kappa shape index (κ1) is 21.2. The summed E-state index contributed by atoms with van der Waals surface area (Å²) in [7, 11) is 3.53. The molecule has 31 heavy (non-hydrogen) atoms. The molecule has 0 unspecified atom stereocenters. The van der Waals surface area contributed by atoms with Crippen LogP contribution in [0.25, 0.3) is 17.3 Å². The molecular weight excluding hydrogens is 397 g/mol. The third-order valence-electron chi connectivity index (χ3n) is 6.30. The summed E-state index contributed by atoms with van der Waals surface area (Å²) in [6.07, 6.45) is 8.45. The van der Waals surface area contributed by atoms with E-state index in [4.69, 9.17) is 0 Å². The van der Waals surface area contributed by atoms with Gasteiger partial charge in [0.25, 0.3) is 0 Å². The Balaban J connectivity index is 1.51. The van der Waals surface area contributed by atoms with E-state index in [1.807, 2.05) is 13.1 Å². The van der Waals surface area contributed by atoms with Crippen LogP contribution in [0.4, 0.5) is 10.2 Å². The Kier molecular flexibility index (Phi) is 6.18. The zero-order valence-electron chi connectivity index (χ0n) is 17.8. The summed E-state index contributed by atoms with van der Waals surface area (Å²) in [5.74, 6) is -0.276. The summed E-state index contributed by atoms with van der Waals surface area (Å²) in [6, 6.07) is 7.64. The first-order valence-electron chi connectivity index (χ1n) is 10.7. The van der Waals surface area contributed by atoms with E-state index in [-0.39, 0.29) is 22.8 Å². The standard InChI is InChI=1S/C23H28FN5O2/c1-25-23(31)9-6-14-10-21(30)18(13-19(14)24)20-7-8-22(28-27-20)29(2)17-11-15-4-3-5-16(12-17)26-15/h6-10,13,15-17,26,30H,3-5,11-12H2,1-2H3,(H,25,31)/b9-6+/t15-,16+,17-. The molecule has 2 bridgehead atoms. The number of hydrogen-bond acceptors (Lipinski definition) is 6. The summed E-state index contributed by atoms with van der Waals surface area (Å²) >= 11 is 0. The number of phenolic OH excluding ortho intramolecular Hbond substituents is 1. The Morgan fingerprint density at radius 1 is 1.26 bits per heavy atom. The van der Waals surface area contributed by atoms with E-state index in [9.17, 15) is 14.3 Å². The lowest BCUT2D eigenvalue weighted by Crippen LogP contribution is -2.54. The van der Waals surface area contributed by atoms with Gasteiger partial charge in [-0.05, 0) is 56.0 Å². The highest BCUT2D eigenvalue weighted by Crippen LogP contribution is 2.33. The smallest absolute Gasteiger partial charge is 0.243 e. The van der Waals surface area contributed by atoms with Gasteiger partial charge in [-0.25, -0.2) is 4.39 Å². The number of rotatable bonds is 5. The van der Waals surface area contributed by atoms with Gasteiger partial charge in [-0.1, -0.05) is 6.42 Å². The molecule has 4 rings (SSSR count). The monoisotopic (exact) mass is 425 g/mol. The number of fused-ring (bicyclic) bond motifs is 2. The molecule has 2 fully saturated rings. The van der Waals surface area contributed by atoms with E-state index in [1.54, 1.807) is 6.07 Å². The predicted octanol–water partition coefficient (Wildman–Crippen LogP) is 2.86. The van der Waals surface area contributed by atoms with Crippen molar-refractivity contribution in [3.63, 3.8) is 0 Å². The molecule has 3 N–H and O–H groups in total. The van der Waals surface area contributed by atoms with Gasteiger partial charge >= 0.3 is 0 Å². The van der Waals surface area contributed by atoms with Crippen molar-refractivity contribution >= 4 is 17.8 Å². The number of phenols is 1. The molecule has 2 aromatic rings. The Hall–Kier alpha value is -3.00. The molecule has 1 aromatic carbocycles. The molecule has 1 aromatic heterocycles. The van der Waals surface area contributed by atoms with Crippen molar-refractivity contribution in [3.8, 4) is 17.0 Å². The third-order valence-corrected chi connectivity index (χ3v) is 6.30. The number of benzene rings is 1. The quantitative estimate of drug-likeness (QED) is 0.639. The van der Waals surface area contributed by atoms with Crippen LogP contribution in [-0.2, 0) is 4.79 Å². The first-order valence-corrected chi connectivity index (χ1v) is 10.7. The number of nitrogens with zero attached hydrogens (tertiary/aromatic N) is 3. The molecule has 2 saturated heterocycles. The lowest BCUT2D eigenvalue weighted by molar-refractivity contribution is -0.115.